The molecule has 2 aromatic rings. The lowest BCUT2D eigenvalue weighted by Gasteiger charge is -2.52. The van der Waals surface area contributed by atoms with Crippen molar-refractivity contribution in [2.24, 2.45) is 5.92 Å². The first-order chi connectivity index (χ1) is 15.2. The second kappa shape index (κ2) is 8.91. The highest BCUT2D eigenvalue weighted by Gasteiger charge is 2.44. The summed E-state index contributed by atoms with van der Waals surface area (Å²) in [5.41, 5.74) is 4.03. The van der Waals surface area contributed by atoms with Crippen LogP contribution in [-0.4, -0.2) is 55.2 Å². The fraction of sp³-hybridized carbons (Fsp3) is 0.500. The highest BCUT2D eigenvalue weighted by molar-refractivity contribution is 5.74. The Morgan fingerprint density at radius 1 is 1.13 bits per heavy atom. The molecule has 3 aliphatic rings. The van der Waals surface area contributed by atoms with E-state index in [9.17, 15) is 4.79 Å². The van der Waals surface area contributed by atoms with E-state index < -0.39 is 0 Å². The number of nitrogens with one attached hydrogen (secondary N) is 1. The number of fused-ring (bicyclic) bond motifs is 4. The minimum Gasteiger partial charge on any atom is -0.496 e. The van der Waals surface area contributed by atoms with Gasteiger partial charge >= 0.3 is 6.03 Å². The second-order valence-electron chi connectivity index (χ2n) is 9.16. The molecule has 2 amide bonds. The minimum atomic E-state index is 0.112. The molecule has 0 radical (unpaired) electrons. The van der Waals surface area contributed by atoms with Crippen LogP contribution >= 0.6 is 0 Å². The third-order valence-electron chi connectivity index (χ3n) is 7.48. The Bertz CT molecular complexity index is 916. The molecule has 5 nitrogen and oxygen atoms in total. The number of hydrogen-bond donors (Lipinski definition) is 1. The number of carbonyl (C=O) groups excluding carboxylic acids is 1. The van der Waals surface area contributed by atoms with Gasteiger partial charge in [-0.15, -0.1) is 0 Å². The van der Waals surface area contributed by atoms with E-state index in [1.807, 2.05) is 6.07 Å². The van der Waals surface area contributed by atoms with Crippen molar-refractivity contribution in [1.29, 1.82) is 0 Å². The van der Waals surface area contributed by atoms with E-state index in [-0.39, 0.29) is 6.03 Å². The zero-order valence-corrected chi connectivity index (χ0v) is 18.4. The van der Waals surface area contributed by atoms with Crippen LogP contribution in [-0.2, 0) is 12.8 Å². The Balaban J connectivity index is 1.29. The summed E-state index contributed by atoms with van der Waals surface area (Å²) in [6, 6.07) is 17.6. The van der Waals surface area contributed by atoms with Crippen LogP contribution in [0.5, 0.6) is 5.75 Å². The van der Waals surface area contributed by atoms with Gasteiger partial charge in [0.2, 0.25) is 0 Å². The van der Waals surface area contributed by atoms with Gasteiger partial charge in [0.05, 0.1) is 7.11 Å². The maximum absolute atomic E-state index is 13.1. The number of carbonyl (C=O) groups is 1. The molecule has 3 atom stereocenters. The topological polar surface area (TPSA) is 44.8 Å². The Morgan fingerprint density at radius 3 is 2.84 bits per heavy atom. The molecular weight excluding hydrogens is 386 g/mol. The van der Waals surface area contributed by atoms with Gasteiger partial charge < -0.3 is 15.0 Å². The first-order valence-corrected chi connectivity index (χ1v) is 11.7. The summed E-state index contributed by atoms with van der Waals surface area (Å²) in [6.45, 7) is 3.74. The van der Waals surface area contributed by atoms with Crippen molar-refractivity contribution >= 4 is 6.03 Å². The van der Waals surface area contributed by atoms with Gasteiger partial charge in [0.1, 0.15) is 5.75 Å². The number of hydrogen-bond acceptors (Lipinski definition) is 3. The van der Waals surface area contributed by atoms with E-state index in [0.717, 1.165) is 51.1 Å². The molecule has 0 aliphatic carbocycles. The Kier molecular flexibility index (Phi) is 5.86. The number of piperidine rings is 2. The lowest BCUT2D eigenvalue weighted by atomic mass is 9.76. The zero-order chi connectivity index (χ0) is 21.2. The summed E-state index contributed by atoms with van der Waals surface area (Å²) in [5.74, 6) is 1.59. The van der Waals surface area contributed by atoms with E-state index in [1.54, 1.807) is 7.11 Å². The third kappa shape index (κ3) is 4.03. The normalized spacial score (nSPS) is 25.2. The number of ether oxygens (including phenoxy) is 1. The van der Waals surface area contributed by atoms with Gasteiger partial charge in [-0.25, -0.2) is 4.79 Å². The SMILES string of the molecule is COc1cccc2c1CCN1C[C@@H]3CCCN(C(=O)NCCc4ccccc4)[C@@H]3C[C@H]21. The molecule has 0 bridgehead atoms. The van der Waals surface area contributed by atoms with Gasteiger partial charge in [0.15, 0.2) is 0 Å². The molecule has 3 heterocycles. The van der Waals surface area contributed by atoms with Crippen molar-refractivity contribution < 1.29 is 9.53 Å². The number of urea groups is 1. The molecule has 1 N–H and O–H groups in total. The average Bonchev–Trinajstić information content (AvgIpc) is 2.82. The molecule has 0 spiro atoms. The summed E-state index contributed by atoms with van der Waals surface area (Å²) >= 11 is 0. The summed E-state index contributed by atoms with van der Waals surface area (Å²) in [4.78, 5) is 17.9. The van der Waals surface area contributed by atoms with E-state index in [4.69, 9.17) is 4.74 Å². The number of likely N-dealkylation sites (tertiary alicyclic amines) is 1. The molecule has 5 heteroatoms. The fourth-order valence-electron chi connectivity index (χ4n) is 5.97. The first kappa shape index (κ1) is 20.4. The second-order valence-corrected chi connectivity index (χ2v) is 9.16. The molecular formula is C26H33N3O2. The third-order valence-corrected chi connectivity index (χ3v) is 7.48. The van der Waals surface area contributed by atoms with Gasteiger partial charge in [0, 0.05) is 43.8 Å². The van der Waals surface area contributed by atoms with Gasteiger partial charge in [-0.05, 0) is 55.2 Å². The standard InChI is InChI=1S/C26H33N3O2/c1-31-25-11-5-10-21-22(25)13-16-28-18-20-9-6-15-29(23(20)17-24(21)28)26(30)27-14-12-19-7-3-2-4-8-19/h2-5,7-8,10-11,20,23-24H,6,9,12-18H2,1H3,(H,27,30)/t20-,23+,24+/m0/s1. The maximum Gasteiger partial charge on any atom is 0.317 e. The fourth-order valence-corrected chi connectivity index (χ4v) is 5.97. The summed E-state index contributed by atoms with van der Waals surface area (Å²) in [7, 11) is 1.77. The van der Waals surface area contributed by atoms with Crippen LogP contribution in [0.3, 0.4) is 0 Å². The lowest BCUT2D eigenvalue weighted by Crippen LogP contribution is -2.59. The maximum atomic E-state index is 13.1. The van der Waals surface area contributed by atoms with Gasteiger partial charge in [-0.3, -0.25) is 4.90 Å². The van der Waals surface area contributed by atoms with Crippen LogP contribution in [0.2, 0.25) is 0 Å². The number of rotatable bonds is 4. The number of amides is 2. The molecule has 2 saturated heterocycles. The van der Waals surface area contributed by atoms with Gasteiger partial charge in [-0.2, -0.15) is 0 Å². The number of nitrogens with zero attached hydrogens (tertiary/aromatic N) is 2. The van der Waals surface area contributed by atoms with Crippen LogP contribution in [0.1, 0.15) is 42.0 Å². The Morgan fingerprint density at radius 2 is 2.00 bits per heavy atom. The zero-order valence-electron chi connectivity index (χ0n) is 18.4. The smallest absolute Gasteiger partial charge is 0.317 e. The lowest BCUT2D eigenvalue weighted by molar-refractivity contribution is 0.00556. The van der Waals surface area contributed by atoms with Gasteiger partial charge in [0.25, 0.3) is 0 Å². The van der Waals surface area contributed by atoms with Crippen LogP contribution in [0.25, 0.3) is 0 Å². The Hall–Kier alpha value is -2.53. The van der Waals surface area contributed by atoms with Crippen molar-refractivity contribution in [2.75, 3.05) is 33.3 Å². The molecule has 5 rings (SSSR count). The summed E-state index contributed by atoms with van der Waals surface area (Å²) in [5, 5.41) is 3.20. The molecule has 2 fully saturated rings. The van der Waals surface area contributed by atoms with E-state index >= 15 is 0 Å². The predicted molar refractivity (Wildman–Crippen MR) is 122 cm³/mol. The van der Waals surface area contributed by atoms with Crippen molar-refractivity contribution in [1.82, 2.24) is 15.1 Å². The van der Waals surface area contributed by atoms with Crippen LogP contribution in [0.4, 0.5) is 4.79 Å². The van der Waals surface area contributed by atoms with Crippen molar-refractivity contribution in [2.45, 2.75) is 44.2 Å². The Labute approximate surface area is 185 Å². The van der Waals surface area contributed by atoms with E-state index in [1.165, 1.54) is 23.1 Å². The van der Waals surface area contributed by atoms with Gasteiger partial charge in [-0.1, -0.05) is 42.5 Å². The molecule has 0 aromatic heterocycles. The van der Waals surface area contributed by atoms with Crippen molar-refractivity contribution in [3.63, 3.8) is 0 Å². The monoisotopic (exact) mass is 419 g/mol. The van der Waals surface area contributed by atoms with Crippen molar-refractivity contribution in [3.05, 3.63) is 65.2 Å². The van der Waals surface area contributed by atoms with Crippen LogP contribution in [0, 0.1) is 5.92 Å². The molecule has 0 unspecified atom stereocenters. The predicted octanol–water partition coefficient (Wildman–Crippen LogP) is 4.03. The van der Waals surface area contributed by atoms with E-state index in [0.29, 0.717) is 24.5 Å². The average molecular weight is 420 g/mol. The largest absolute Gasteiger partial charge is 0.496 e. The molecule has 3 aliphatic heterocycles. The quantitative estimate of drug-likeness (QED) is 0.814. The van der Waals surface area contributed by atoms with Crippen LogP contribution < -0.4 is 10.1 Å². The summed E-state index contributed by atoms with van der Waals surface area (Å²) in [6.07, 6.45) is 5.29. The molecule has 0 saturated carbocycles. The highest BCUT2D eigenvalue weighted by Crippen LogP contribution is 2.44. The van der Waals surface area contributed by atoms with Crippen molar-refractivity contribution in [3.8, 4) is 5.75 Å². The number of methoxy groups -OCH3 is 1. The minimum absolute atomic E-state index is 0.112. The van der Waals surface area contributed by atoms with E-state index in [2.05, 4.69) is 57.6 Å². The molecule has 31 heavy (non-hydrogen) atoms. The molecule has 164 valence electrons. The van der Waals surface area contributed by atoms with Crippen LogP contribution in [0.15, 0.2) is 48.5 Å². The highest BCUT2D eigenvalue weighted by atomic mass is 16.5. The first-order valence-electron chi connectivity index (χ1n) is 11.7. The number of benzene rings is 2. The molecule has 2 aromatic carbocycles. The summed E-state index contributed by atoms with van der Waals surface area (Å²) < 4.78 is 5.65.